The molecule has 6 heteroatoms. The Bertz CT molecular complexity index is 441. The summed E-state index contributed by atoms with van der Waals surface area (Å²) in [7, 11) is 0. The number of rotatable bonds is 5. The molecule has 2 N–H and O–H groups in total. The number of nitrogens with one attached hydrogen (secondary N) is 1. The average Bonchev–Trinajstić information content (AvgIpc) is 2.85. The highest BCUT2D eigenvalue weighted by Crippen LogP contribution is 2.22. The molecule has 1 saturated heterocycles. The Kier molecular flexibility index (Phi) is 4.44. The van der Waals surface area contributed by atoms with Crippen LogP contribution in [-0.2, 0) is 9.53 Å². The second kappa shape index (κ2) is 6.08. The van der Waals surface area contributed by atoms with Crippen molar-refractivity contribution in [2.24, 2.45) is 0 Å². The minimum absolute atomic E-state index is 0.100. The molecule has 4 nitrogen and oxygen atoms in total. The van der Waals surface area contributed by atoms with Gasteiger partial charge >= 0.3 is 5.97 Å². The van der Waals surface area contributed by atoms with Crippen LogP contribution in [0.25, 0.3) is 0 Å². The number of halogens is 2. The van der Waals surface area contributed by atoms with Crippen LogP contribution in [0.15, 0.2) is 18.2 Å². The van der Waals surface area contributed by atoms with Gasteiger partial charge in [-0.05, 0) is 25.0 Å². The second-order valence-corrected chi connectivity index (χ2v) is 4.45. The quantitative estimate of drug-likeness (QED) is 0.858. The van der Waals surface area contributed by atoms with Crippen LogP contribution < -0.4 is 5.32 Å². The third-order valence-corrected chi connectivity index (χ3v) is 3.11. The van der Waals surface area contributed by atoms with Crippen molar-refractivity contribution in [1.82, 2.24) is 5.32 Å². The van der Waals surface area contributed by atoms with Crippen molar-refractivity contribution in [3.8, 4) is 0 Å². The summed E-state index contributed by atoms with van der Waals surface area (Å²) in [6.45, 7) is 0.892. The molecule has 0 spiro atoms. The predicted octanol–water partition coefficient (Wildman–Crippen LogP) is 1.86. The Morgan fingerprint density at radius 3 is 2.68 bits per heavy atom. The molecule has 1 fully saturated rings. The maximum absolute atomic E-state index is 13.6. The van der Waals surface area contributed by atoms with Gasteiger partial charge in [-0.25, -0.2) is 8.78 Å². The van der Waals surface area contributed by atoms with Gasteiger partial charge in [-0.3, -0.25) is 10.1 Å². The van der Waals surface area contributed by atoms with Gasteiger partial charge in [0.25, 0.3) is 0 Å². The zero-order valence-corrected chi connectivity index (χ0v) is 10.2. The highest BCUT2D eigenvalue weighted by Gasteiger charge is 2.27. The van der Waals surface area contributed by atoms with E-state index in [9.17, 15) is 13.6 Å². The normalized spacial score (nSPS) is 20.4. The largest absolute Gasteiger partial charge is 0.480 e. The predicted molar refractivity (Wildman–Crippen MR) is 63.7 cm³/mol. The molecule has 104 valence electrons. The van der Waals surface area contributed by atoms with Gasteiger partial charge in [0.1, 0.15) is 17.7 Å². The van der Waals surface area contributed by atoms with Crippen molar-refractivity contribution < 1.29 is 23.4 Å². The summed E-state index contributed by atoms with van der Waals surface area (Å²) in [5.41, 5.74) is -0.465. The number of hydrogen-bond acceptors (Lipinski definition) is 3. The van der Waals surface area contributed by atoms with E-state index in [1.165, 1.54) is 6.07 Å². The fourth-order valence-corrected chi connectivity index (χ4v) is 2.15. The summed E-state index contributed by atoms with van der Waals surface area (Å²) in [5.74, 6) is -3.05. The van der Waals surface area contributed by atoms with Crippen LogP contribution in [0.4, 0.5) is 8.78 Å². The van der Waals surface area contributed by atoms with Gasteiger partial charge < -0.3 is 9.84 Å². The summed E-state index contributed by atoms with van der Waals surface area (Å²) in [6.07, 6.45) is 1.63. The molecule has 0 bridgehead atoms. The van der Waals surface area contributed by atoms with Crippen molar-refractivity contribution >= 4 is 5.97 Å². The zero-order chi connectivity index (χ0) is 13.8. The van der Waals surface area contributed by atoms with E-state index < -0.39 is 29.2 Å². The summed E-state index contributed by atoms with van der Waals surface area (Å²) >= 11 is 0. The Morgan fingerprint density at radius 2 is 2.16 bits per heavy atom. The van der Waals surface area contributed by atoms with E-state index in [1.54, 1.807) is 0 Å². The molecule has 0 aromatic heterocycles. The summed E-state index contributed by atoms with van der Waals surface area (Å²) in [4.78, 5) is 11.2. The molecule has 2 rings (SSSR count). The average molecular weight is 271 g/mol. The first-order valence-electron chi connectivity index (χ1n) is 6.11. The van der Waals surface area contributed by atoms with Crippen molar-refractivity contribution in [1.29, 1.82) is 0 Å². The highest BCUT2D eigenvalue weighted by atomic mass is 19.1. The summed E-state index contributed by atoms with van der Waals surface area (Å²) in [5, 5.41) is 11.8. The molecule has 0 amide bonds. The Labute approximate surface area is 109 Å². The second-order valence-electron chi connectivity index (χ2n) is 4.45. The lowest BCUT2D eigenvalue weighted by Crippen LogP contribution is -2.35. The van der Waals surface area contributed by atoms with Gasteiger partial charge in [-0.15, -0.1) is 0 Å². The Hall–Kier alpha value is -1.53. The SMILES string of the molecule is O=C(O)C(NCC1CCCO1)c1c(F)cccc1F. The molecule has 1 aromatic carbocycles. The molecule has 1 aliphatic heterocycles. The lowest BCUT2D eigenvalue weighted by molar-refractivity contribution is -0.140. The first kappa shape index (κ1) is 13.9. The van der Waals surface area contributed by atoms with Crippen LogP contribution >= 0.6 is 0 Å². The summed E-state index contributed by atoms with van der Waals surface area (Å²) < 4.78 is 32.5. The van der Waals surface area contributed by atoms with E-state index in [0.717, 1.165) is 25.0 Å². The maximum Gasteiger partial charge on any atom is 0.325 e. The highest BCUT2D eigenvalue weighted by molar-refractivity contribution is 5.75. The van der Waals surface area contributed by atoms with Crippen LogP contribution in [0.3, 0.4) is 0 Å². The summed E-state index contributed by atoms with van der Waals surface area (Å²) in [6, 6.07) is 1.88. The molecule has 19 heavy (non-hydrogen) atoms. The van der Waals surface area contributed by atoms with E-state index in [2.05, 4.69) is 5.32 Å². The van der Waals surface area contributed by atoms with E-state index >= 15 is 0 Å². The molecular weight excluding hydrogens is 256 g/mol. The van der Waals surface area contributed by atoms with E-state index in [-0.39, 0.29) is 12.6 Å². The van der Waals surface area contributed by atoms with Crippen molar-refractivity contribution in [3.63, 3.8) is 0 Å². The minimum Gasteiger partial charge on any atom is -0.480 e. The van der Waals surface area contributed by atoms with Crippen LogP contribution in [0.1, 0.15) is 24.4 Å². The van der Waals surface area contributed by atoms with Gasteiger partial charge in [0.15, 0.2) is 0 Å². The standard InChI is InChI=1S/C13H15F2NO3/c14-9-4-1-5-10(15)11(9)12(13(17)18)16-7-8-3-2-6-19-8/h1,4-5,8,12,16H,2-3,6-7H2,(H,17,18). The van der Waals surface area contributed by atoms with Gasteiger partial charge in [0, 0.05) is 13.2 Å². The molecule has 2 unspecified atom stereocenters. The lowest BCUT2D eigenvalue weighted by Gasteiger charge is -2.18. The lowest BCUT2D eigenvalue weighted by atomic mass is 10.1. The Morgan fingerprint density at radius 1 is 1.47 bits per heavy atom. The molecule has 1 heterocycles. The number of aliphatic carboxylic acids is 1. The fourth-order valence-electron chi connectivity index (χ4n) is 2.15. The van der Waals surface area contributed by atoms with Crippen molar-refractivity contribution in [3.05, 3.63) is 35.4 Å². The van der Waals surface area contributed by atoms with E-state index in [1.807, 2.05) is 0 Å². The van der Waals surface area contributed by atoms with Crippen molar-refractivity contribution in [2.75, 3.05) is 13.2 Å². The van der Waals surface area contributed by atoms with Crippen LogP contribution in [0, 0.1) is 11.6 Å². The molecule has 0 radical (unpaired) electrons. The van der Waals surface area contributed by atoms with E-state index in [4.69, 9.17) is 9.84 Å². The van der Waals surface area contributed by atoms with Gasteiger partial charge in [0.05, 0.1) is 11.7 Å². The van der Waals surface area contributed by atoms with Crippen LogP contribution in [-0.4, -0.2) is 30.3 Å². The van der Waals surface area contributed by atoms with Gasteiger partial charge in [-0.1, -0.05) is 6.07 Å². The smallest absolute Gasteiger partial charge is 0.325 e. The first-order valence-corrected chi connectivity index (χ1v) is 6.11. The minimum atomic E-state index is -1.41. The molecular formula is C13H15F2NO3. The van der Waals surface area contributed by atoms with Crippen molar-refractivity contribution in [2.45, 2.75) is 25.0 Å². The number of carbonyl (C=O) groups is 1. The maximum atomic E-state index is 13.6. The van der Waals surface area contributed by atoms with Gasteiger partial charge in [-0.2, -0.15) is 0 Å². The first-order chi connectivity index (χ1) is 9.09. The number of ether oxygens (including phenoxy) is 1. The third kappa shape index (κ3) is 3.27. The van der Waals surface area contributed by atoms with Crippen LogP contribution in [0.2, 0.25) is 0 Å². The monoisotopic (exact) mass is 271 g/mol. The zero-order valence-electron chi connectivity index (χ0n) is 10.2. The fraction of sp³-hybridized carbons (Fsp3) is 0.462. The molecule has 2 atom stereocenters. The number of benzene rings is 1. The third-order valence-electron chi connectivity index (χ3n) is 3.11. The van der Waals surface area contributed by atoms with Gasteiger partial charge in [0.2, 0.25) is 0 Å². The number of carboxylic acids is 1. The number of hydrogen-bond donors (Lipinski definition) is 2. The molecule has 0 aliphatic carbocycles. The molecule has 1 aliphatic rings. The topological polar surface area (TPSA) is 58.6 Å². The van der Waals surface area contributed by atoms with Crippen LogP contribution in [0.5, 0.6) is 0 Å². The Balaban J connectivity index is 2.13. The molecule has 1 aromatic rings. The van der Waals surface area contributed by atoms with E-state index in [0.29, 0.717) is 6.61 Å². The molecule has 0 saturated carbocycles. The number of carboxylic acid groups (broad SMARTS) is 1.